The highest BCUT2D eigenvalue weighted by atomic mass is 35.5. The molecule has 8 heteroatoms. The number of hydrogen-bond donors (Lipinski definition) is 0. The fourth-order valence-corrected chi connectivity index (χ4v) is 3.12. The highest BCUT2D eigenvalue weighted by molar-refractivity contribution is 7.98. The lowest BCUT2D eigenvalue weighted by molar-refractivity contribution is 0.484. The van der Waals surface area contributed by atoms with E-state index in [9.17, 15) is 0 Å². The molecule has 0 saturated heterocycles. The Morgan fingerprint density at radius 2 is 2.24 bits per heavy atom. The van der Waals surface area contributed by atoms with Crippen molar-refractivity contribution in [1.82, 2.24) is 19.7 Å². The van der Waals surface area contributed by atoms with Crippen LogP contribution in [0, 0.1) is 0 Å². The van der Waals surface area contributed by atoms with E-state index in [0.29, 0.717) is 22.3 Å². The fraction of sp³-hybridized carbons (Fsp3) is 0.154. The van der Waals surface area contributed by atoms with E-state index in [2.05, 4.69) is 15.2 Å². The van der Waals surface area contributed by atoms with Gasteiger partial charge in [0.05, 0.1) is 28.5 Å². The van der Waals surface area contributed by atoms with Gasteiger partial charge in [-0.25, -0.2) is 0 Å². The Balaban J connectivity index is 1.69. The molecule has 0 radical (unpaired) electrons. The topological polar surface area (TPSA) is 56.7 Å². The Kier molecular flexibility index (Phi) is 4.48. The van der Waals surface area contributed by atoms with Crippen molar-refractivity contribution in [2.75, 3.05) is 0 Å². The van der Waals surface area contributed by atoms with E-state index in [4.69, 9.17) is 27.6 Å². The molecule has 3 aromatic heterocycles. The summed E-state index contributed by atoms with van der Waals surface area (Å²) in [6.45, 7) is 0.587. The van der Waals surface area contributed by atoms with Crippen molar-refractivity contribution < 1.29 is 4.42 Å². The van der Waals surface area contributed by atoms with E-state index in [1.807, 2.05) is 16.7 Å². The molecule has 0 aliphatic heterocycles. The molecular formula is C13H10Cl2N4OS. The van der Waals surface area contributed by atoms with Gasteiger partial charge in [-0.3, -0.25) is 4.98 Å². The maximum absolute atomic E-state index is 6.11. The van der Waals surface area contributed by atoms with Crippen LogP contribution in [0.1, 0.15) is 11.5 Å². The first-order valence-electron chi connectivity index (χ1n) is 6.05. The second-order valence-corrected chi connectivity index (χ2v) is 5.98. The molecule has 0 fully saturated rings. The summed E-state index contributed by atoms with van der Waals surface area (Å²) in [7, 11) is 0. The Hall–Kier alpha value is -1.50. The maximum Gasteiger partial charge on any atom is 0.191 e. The predicted molar refractivity (Wildman–Crippen MR) is 81.7 cm³/mol. The number of furan rings is 1. The Labute approximate surface area is 135 Å². The van der Waals surface area contributed by atoms with Crippen LogP contribution in [0.15, 0.2) is 46.6 Å². The number of nitrogens with zero attached hydrogens (tertiary/aromatic N) is 4. The van der Waals surface area contributed by atoms with Crippen LogP contribution in [-0.2, 0) is 12.3 Å². The molecule has 5 nitrogen and oxygen atoms in total. The van der Waals surface area contributed by atoms with Gasteiger partial charge in [0.15, 0.2) is 5.16 Å². The first kappa shape index (κ1) is 14.4. The Morgan fingerprint density at radius 1 is 1.33 bits per heavy atom. The Bertz CT molecular complexity index is 730. The van der Waals surface area contributed by atoms with Gasteiger partial charge < -0.3 is 8.98 Å². The first-order valence-corrected chi connectivity index (χ1v) is 7.79. The molecular weight excluding hydrogens is 331 g/mol. The standard InChI is InChI=1S/C13H10Cl2N4OS/c14-9-4-11(15)12(16-5-9)7-21-13-18-17-8-19(13)6-10-2-1-3-20-10/h1-5,8H,6-7H2. The van der Waals surface area contributed by atoms with E-state index in [1.54, 1.807) is 24.9 Å². The van der Waals surface area contributed by atoms with E-state index < -0.39 is 0 Å². The summed E-state index contributed by atoms with van der Waals surface area (Å²) in [5.41, 5.74) is 0.763. The molecule has 21 heavy (non-hydrogen) atoms. The second kappa shape index (κ2) is 6.51. The SMILES string of the molecule is Clc1cnc(CSc2nncn2Cc2ccco2)c(Cl)c1. The molecule has 0 N–H and O–H groups in total. The van der Waals surface area contributed by atoms with E-state index in [1.165, 1.54) is 11.8 Å². The predicted octanol–water partition coefficient (Wildman–Crippen LogP) is 3.91. The van der Waals surface area contributed by atoms with Crippen molar-refractivity contribution in [3.63, 3.8) is 0 Å². The van der Waals surface area contributed by atoms with Gasteiger partial charge in [-0.2, -0.15) is 0 Å². The fourth-order valence-electron chi connectivity index (χ4n) is 1.72. The van der Waals surface area contributed by atoms with Crippen LogP contribution in [0.2, 0.25) is 10.0 Å². The van der Waals surface area contributed by atoms with Gasteiger partial charge >= 0.3 is 0 Å². The minimum Gasteiger partial charge on any atom is -0.467 e. The summed E-state index contributed by atoms with van der Waals surface area (Å²) in [6.07, 6.45) is 4.89. The third kappa shape index (κ3) is 3.58. The number of thioether (sulfide) groups is 1. The van der Waals surface area contributed by atoms with Gasteiger partial charge in [-0.05, 0) is 18.2 Å². The number of pyridine rings is 1. The Morgan fingerprint density at radius 3 is 3.00 bits per heavy atom. The number of aromatic nitrogens is 4. The lowest BCUT2D eigenvalue weighted by atomic mass is 10.4. The molecule has 108 valence electrons. The van der Waals surface area contributed by atoms with E-state index in [0.717, 1.165) is 16.6 Å². The normalized spacial score (nSPS) is 11.0. The molecule has 0 saturated carbocycles. The smallest absolute Gasteiger partial charge is 0.191 e. The van der Waals surface area contributed by atoms with Crippen molar-refractivity contribution in [3.05, 3.63) is 58.5 Å². The summed E-state index contributed by atoms with van der Waals surface area (Å²) in [5.74, 6) is 1.44. The van der Waals surface area contributed by atoms with Crippen LogP contribution in [0.5, 0.6) is 0 Å². The number of rotatable bonds is 5. The number of hydrogen-bond acceptors (Lipinski definition) is 5. The van der Waals surface area contributed by atoms with E-state index >= 15 is 0 Å². The van der Waals surface area contributed by atoms with Crippen LogP contribution >= 0.6 is 35.0 Å². The zero-order valence-corrected chi connectivity index (χ0v) is 13.1. The average Bonchev–Trinajstić information content (AvgIpc) is 3.10. The van der Waals surface area contributed by atoms with Crippen LogP contribution < -0.4 is 0 Å². The second-order valence-electron chi connectivity index (χ2n) is 4.19. The van der Waals surface area contributed by atoms with Crippen molar-refractivity contribution >= 4 is 35.0 Å². The molecule has 0 aromatic carbocycles. The summed E-state index contributed by atoms with van der Waals surface area (Å²) in [6, 6.07) is 5.44. The van der Waals surface area contributed by atoms with Gasteiger partial charge in [0.25, 0.3) is 0 Å². The molecule has 3 heterocycles. The lowest BCUT2D eigenvalue weighted by Crippen LogP contribution is -1.99. The first-order chi connectivity index (χ1) is 10.2. The monoisotopic (exact) mass is 340 g/mol. The van der Waals surface area contributed by atoms with E-state index in [-0.39, 0.29) is 0 Å². The average molecular weight is 341 g/mol. The minimum atomic E-state index is 0.523. The largest absolute Gasteiger partial charge is 0.467 e. The maximum atomic E-state index is 6.11. The van der Waals surface area contributed by atoms with Crippen molar-refractivity contribution in [3.8, 4) is 0 Å². The summed E-state index contributed by atoms with van der Waals surface area (Å²) < 4.78 is 7.23. The van der Waals surface area contributed by atoms with Crippen LogP contribution in [-0.4, -0.2) is 19.7 Å². The molecule has 0 aliphatic carbocycles. The molecule has 0 spiro atoms. The van der Waals surface area contributed by atoms with Crippen LogP contribution in [0.25, 0.3) is 0 Å². The lowest BCUT2D eigenvalue weighted by Gasteiger charge is -2.05. The molecule has 0 aliphatic rings. The zero-order chi connectivity index (χ0) is 14.7. The molecule has 0 bridgehead atoms. The van der Waals surface area contributed by atoms with Crippen LogP contribution in [0.4, 0.5) is 0 Å². The molecule has 3 aromatic rings. The summed E-state index contributed by atoms with van der Waals surface area (Å²) in [5, 5.41) is 9.87. The van der Waals surface area contributed by atoms with Crippen molar-refractivity contribution in [2.24, 2.45) is 0 Å². The van der Waals surface area contributed by atoms with Crippen LogP contribution in [0.3, 0.4) is 0 Å². The van der Waals surface area contributed by atoms with Gasteiger partial charge in [-0.1, -0.05) is 35.0 Å². The number of halogens is 2. The van der Waals surface area contributed by atoms with Gasteiger partial charge in [0.1, 0.15) is 12.1 Å². The summed E-state index contributed by atoms with van der Waals surface area (Å²) in [4.78, 5) is 4.22. The third-order valence-corrected chi connectivity index (χ3v) is 4.23. The van der Waals surface area contributed by atoms with Crippen molar-refractivity contribution in [1.29, 1.82) is 0 Å². The minimum absolute atomic E-state index is 0.523. The van der Waals surface area contributed by atoms with Crippen molar-refractivity contribution in [2.45, 2.75) is 17.5 Å². The molecule has 0 amide bonds. The zero-order valence-electron chi connectivity index (χ0n) is 10.7. The highest BCUT2D eigenvalue weighted by Crippen LogP contribution is 2.26. The molecule has 0 atom stereocenters. The summed E-state index contributed by atoms with van der Waals surface area (Å²) >= 11 is 13.4. The van der Waals surface area contributed by atoms with Gasteiger partial charge in [-0.15, -0.1) is 10.2 Å². The molecule has 0 unspecified atom stereocenters. The third-order valence-electron chi connectivity index (χ3n) is 2.71. The van der Waals surface area contributed by atoms with Gasteiger partial charge in [0.2, 0.25) is 0 Å². The molecule has 3 rings (SSSR count). The van der Waals surface area contributed by atoms with Gasteiger partial charge in [0, 0.05) is 11.9 Å². The quantitative estimate of drug-likeness (QED) is 0.659. The highest BCUT2D eigenvalue weighted by Gasteiger charge is 2.10.